The Labute approximate surface area is 159 Å². The second-order valence-corrected chi connectivity index (χ2v) is 10.9. The summed E-state index contributed by atoms with van der Waals surface area (Å²) in [6, 6.07) is 0. The maximum absolute atomic E-state index is 13.0. The van der Waals surface area contributed by atoms with Crippen LogP contribution in [0.2, 0.25) is 0 Å². The summed E-state index contributed by atoms with van der Waals surface area (Å²) < 4.78 is 6.55. The van der Waals surface area contributed by atoms with Crippen LogP contribution in [0.25, 0.3) is 0 Å². The van der Waals surface area contributed by atoms with Gasteiger partial charge in [0.25, 0.3) is 0 Å². The van der Waals surface area contributed by atoms with Gasteiger partial charge in [-0.1, -0.05) is 32.1 Å². The van der Waals surface area contributed by atoms with Gasteiger partial charge in [0.15, 0.2) is 5.78 Å². The molecule has 8 atom stereocenters. The average molecular weight is 359 g/mol. The second-order valence-electron chi connectivity index (χ2n) is 10.9. The predicted molar refractivity (Wildman–Crippen MR) is 104 cm³/mol. The molecule has 0 aromatic rings. The summed E-state index contributed by atoms with van der Waals surface area (Å²) in [4.78, 5) is 13.0. The first-order chi connectivity index (χ1) is 12.6. The van der Waals surface area contributed by atoms with Crippen molar-refractivity contribution in [2.75, 3.05) is 6.61 Å². The van der Waals surface area contributed by atoms with Gasteiger partial charge >= 0.3 is 0 Å². The van der Waals surface area contributed by atoms with Gasteiger partial charge in [0.2, 0.25) is 0 Å². The van der Waals surface area contributed by atoms with Crippen molar-refractivity contribution < 1.29 is 9.53 Å². The van der Waals surface area contributed by atoms with Crippen molar-refractivity contribution in [3.05, 3.63) is 0 Å². The lowest BCUT2D eigenvalue weighted by molar-refractivity contribution is -0.166. The standard InChI is InChI=1S/C24H38O2/c1-24(11-10-18-14-22(24)20-7-3-5-17(18)13-20)26-15-23(25)21-9-8-16-4-2-6-19(21)12-16/h16-22H,2-15H2,1H3/t16-,17-,18-,19-,20+,21?,22-,24+/m0/s1. The summed E-state index contributed by atoms with van der Waals surface area (Å²) >= 11 is 0. The highest BCUT2D eigenvalue weighted by Crippen LogP contribution is 2.56. The Morgan fingerprint density at radius 2 is 1.62 bits per heavy atom. The van der Waals surface area contributed by atoms with E-state index < -0.39 is 0 Å². The summed E-state index contributed by atoms with van der Waals surface area (Å²) in [6.45, 7) is 2.76. The van der Waals surface area contributed by atoms with Gasteiger partial charge in [-0.15, -0.1) is 0 Å². The van der Waals surface area contributed by atoms with E-state index in [-0.39, 0.29) is 5.60 Å². The van der Waals surface area contributed by atoms with E-state index in [1.807, 2.05) is 0 Å². The summed E-state index contributed by atoms with van der Waals surface area (Å²) in [5, 5.41) is 0. The minimum atomic E-state index is -0.0249. The van der Waals surface area contributed by atoms with Crippen molar-refractivity contribution in [3.8, 4) is 0 Å². The highest BCUT2D eigenvalue weighted by atomic mass is 16.5. The zero-order chi connectivity index (χ0) is 17.7. The van der Waals surface area contributed by atoms with E-state index in [2.05, 4.69) is 6.92 Å². The van der Waals surface area contributed by atoms with Crippen LogP contribution in [-0.2, 0) is 9.53 Å². The molecule has 5 fully saturated rings. The van der Waals surface area contributed by atoms with Crippen molar-refractivity contribution in [1.29, 1.82) is 0 Å². The van der Waals surface area contributed by atoms with Gasteiger partial charge in [-0.3, -0.25) is 4.79 Å². The summed E-state index contributed by atoms with van der Waals surface area (Å²) in [5.41, 5.74) is -0.0249. The molecule has 0 aromatic heterocycles. The highest BCUT2D eigenvalue weighted by Gasteiger charge is 2.51. The van der Waals surface area contributed by atoms with Crippen LogP contribution in [0.3, 0.4) is 0 Å². The van der Waals surface area contributed by atoms with Gasteiger partial charge in [0.05, 0.1) is 5.60 Å². The van der Waals surface area contributed by atoms with Gasteiger partial charge in [0.1, 0.15) is 6.61 Å². The van der Waals surface area contributed by atoms with Crippen LogP contribution in [0.15, 0.2) is 0 Å². The maximum atomic E-state index is 13.0. The van der Waals surface area contributed by atoms with E-state index in [1.54, 1.807) is 0 Å². The molecular formula is C24H38O2. The smallest absolute Gasteiger partial charge is 0.161 e. The Kier molecular flexibility index (Phi) is 4.70. The molecule has 5 aliphatic rings. The minimum Gasteiger partial charge on any atom is -0.367 e. The Bertz CT molecular complexity index is 542. The average Bonchev–Trinajstić information content (AvgIpc) is 2.66. The molecule has 0 heterocycles. The Balaban J connectivity index is 1.22. The minimum absolute atomic E-state index is 0.0249. The highest BCUT2D eigenvalue weighted by molar-refractivity contribution is 5.82. The van der Waals surface area contributed by atoms with Crippen molar-refractivity contribution in [3.63, 3.8) is 0 Å². The molecule has 2 heteroatoms. The molecule has 0 saturated heterocycles. The van der Waals surface area contributed by atoms with E-state index in [0.717, 1.165) is 36.0 Å². The Morgan fingerprint density at radius 1 is 0.846 bits per heavy atom. The molecular weight excluding hydrogens is 320 g/mol. The van der Waals surface area contributed by atoms with Gasteiger partial charge in [0, 0.05) is 5.92 Å². The number of carbonyl (C=O) groups excluding carboxylic acids is 1. The fourth-order valence-corrected chi connectivity index (χ4v) is 8.09. The fraction of sp³-hybridized carbons (Fsp3) is 0.958. The number of hydrogen-bond donors (Lipinski definition) is 0. The van der Waals surface area contributed by atoms with Crippen LogP contribution in [-0.4, -0.2) is 18.0 Å². The largest absolute Gasteiger partial charge is 0.367 e. The molecule has 0 N–H and O–H groups in total. The Hall–Kier alpha value is -0.370. The van der Waals surface area contributed by atoms with Crippen LogP contribution in [0.1, 0.15) is 90.4 Å². The van der Waals surface area contributed by atoms with Crippen molar-refractivity contribution >= 4 is 5.78 Å². The molecule has 26 heavy (non-hydrogen) atoms. The second kappa shape index (κ2) is 6.90. The monoisotopic (exact) mass is 358 g/mol. The predicted octanol–water partition coefficient (Wildman–Crippen LogP) is 5.78. The summed E-state index contributed by atoms with van der Waals surface area (Å²) in [6.07, 6.45) is 17.5. The number of Topliss-reactive ketones (excluding diaryl/α,β-unsaturated/α-hetero) is 1. The lowest BCUT2D eigenvalue weighted by atomic mass is 9.53. The van der Waals surface area contributed by atoms with Gasteiger partial charge in [-0.25, -0.2) is 0 Å². The van der Waals surface area contributed by atoms with E-state index >= 15 is 0 Å². The number of ether oxygens (including phenoxy) is 1. The first kappa shape index (κ1) is 17.7. The normalized spacial score (nSPS) is 50.3. The number of ketones is 1. The number of rotatable bonds is 4. The van der Waals surface area contributed by atoms with Crippen LogP contribution in [0, 0.1) is 41.4 Å². The third-order valence-electron chi connectivity index (χ3n) is 9.58. The molecule has 1 unspecified atom stereocenters. The lowest BCUT2D eigenvalue weighted by Gasteiger charge is -2.55. The molecule has 6 bridgehead atoms. The SMILES string of the molecule is C[C@@]1(OCC(=O)C2CC[C@@H]3CCC[C@H]2C3)CC[C@H]2C[C@H]1[C@@H]1CCC[C@H]2C1. The summed E-state index contributed by atoms with van der Waals surface area (Å²) in [5.74, 6) is 5.92. The van der Waals surface area contributed by atoms with Crippen LogP contribution < -0.4 is 0 Å². The van der Waals surface area contributed by atoms with E-state index in [4.69, 9.17) is 4.74 Å². The Morgan fingerprint density at radius 3 is 2.54 bits per heavy atom. The maximum Gasteiger partial charge on any atom is 0.161 e. The summed E-state index contributed by atoms with van der Waals surface area (Å²) in [7, 11) is 0. The fourth-order valence-electron chi connectivity index (χ4n) is 8.09. The molecule has 0 radical (unpaired) electrons. The molecule has 5 rings (SSSR count). The van der Waals surface area contributed by atoms with Gasteiger partial charge in [-0.05, 0) is 93.8 Å². The quantitative estimate of drug-likeness (QED) is 0.636. The molecule has 146 valence electrons. The van der Waals surface area contributed by atoms with Crippen molar-refractivity contribution in [2.24, 2.45) is 41.4 Å². The molecule has 0 spiro atoms. The van der Waals surface area contributed by atoms with Gasteiger partial charge in [-0.2, -0.15) is 0 Å². The van der Waals surface area contributed by atoms with E-state index in [9.17, 15) is 4.79 Å². The lowest BCUT2D eigenvalue weighted by Crippen LogP contribution is -2.52. The number of carbonyl (C=O) groups is 1. The molecule has 0 amide bonds. The van der Waals surface area contributed by atoms with E-state index in [0.29, 0.717) is 24.2 Å². The zero-order valence-electron chi connectivity index (χ0n) is 16.8. The third-order valence-corrected chi connectivity index (χ3v) is 9.58. The van der Waals surface area contributed by atoms with Gasteiger partial charge < -0.3 is 4.74 Å². The molecule has 0 aliphatic heterocycles. The van der Waals surface area contributed by atoms with Crippen molar-refractivity contribution in [1.82, 2.24) is 0 Å². The zero-order valence-corrected chi connectivity index (χ0v) is 16.8. The number of fused-ring (bicyclic) bond motifs is 8. The van der Waals surface area contributed by atoms with Crippen LogP contribution in [0.4, 0.5) is 0 Å². The van der Waals surface area contributed by atoms with Crippen LogP contribution in [0.5, 0.6) is 0 Å². The van der Waals surface area contributed by atoms with Crippen LogP contribution >= 0.6 is 0 Å². The molecule has 0 aromatic carbocycles. The topological polar surface area (TPSA) is 26.3 Å². The number of hydrogen-bond acceptors (Lipinski definition) is 2. The molecule has 2 nitrogen and oxygen atoms in total. The first-order valence-electron chi connectivity index (χ1n) is 11.8. The van der Waals surface area contributed by atoms with E-state index in [1.165, 1.54) is 77.0 Å². The first-order valence-corrected chi connectivity index (χ1v) is 11.8. The molecule has 5 aliphatic carbocycles. The van der Waals surface area contributed by atoms with Crippen molar-refractivity contribution in [2.45, 2.75) is 96.0 Å². The third kappa shape index (κ3) is 3.09. The molecule has 5 saturated carbocycles.